The van der Waals surface area contributed by atoms with Gasteiger partial charge < -0.3 is 5.73 Å². The van der Waals surface area contributed by atoms with E-state index in [0.29, 0.717) is 6.42 Å². The van der Waals surface area contributed by atoms with Crippen molar-refractivity contribution in [3.05, 3.63) is 63.6 Å². The Labute approximate surface area is 127 Å². The smallest absolute Gasteiger partial charge is 0.0957 e. The SMILES string of the molecule is Cc1ccc(C(N)Cc2nc3ccccc3s2)c(Cl)c1. The minimum absolute atomic E-state index is 0.122. The zero-order chi connectivity index (χ0) is 14.1. The van der Waals surface area contributed by atoms with Crippen molar-refractivity contribution in [1.82, 2.24) is 4.98 Å². The van der Waals surface area contributed by atoms with E-state index in [1.807, 2.05) is 43.3 Å². The van der Waals surface area contributed by atoms with E-state index in [1.54, 1.807) is 11.3 Å². The van der Waals surface area contributed by atoms with Gasteiger partial charge in [-0.3, -0.25) is 0 Å². The zero-order valence-electron chi connectivity index (χ0n) is 11.1. The fourth-order valence-electron chi connectivity index (χ4n) is 2.24. The molecule has 1 aromatic heterocycles. The van der Waals surface area contributed by atoms with Crippen LogP contribution in [0.15, 0.2) is 42.5 Å². The molecular formula is C16H15ClN2S. The normalized spacial score (nSPS) is 12.8. The summed E-state index contributed by atoms with van der Waals surface area (Å²) in [5, 5.41) is 1.79. The summed E-state index contributed by atoms with van der Waals surface area (Å²) in [5.41, 5.74) is 9.45. The van der Waals surface area contributed by atoms with Crippen LogP contribution in [0.1, 0.15) is 22.2 Å². The molecule has 0 fully saturated rings. The number of aromatic nitrogens is 1. The third-order valence-electron chi connectivity index (χ3n) is 3.29. The largest absolute Gasteiger partial charge is 0.324 e. The lowest BCUT2D eigenvalue weighted by atomic mass is 10.0. The number of nitrogens with two attached hydrogens (primary N) is 1. The summed E-state index contributed by atoms with van der Waals surface area (Å²) in [4.78, 5) is 4.62. The van der Waals surface area contributed by atoms with Crippen molar-refractivity contribution in [3.8, 4) is 0 Å². The standard InChI is InChI=1S/C16H15ClN2S/c1-10-6-7-11(12(17)8-10)13(18)9-16-19-14-4-2-3-5-15(14)20-16/h2-8,13H,9,18H2,1H3. The lowest BCUT2D eigenvalue weighted by molar-refractivity contribution is 0.719. The van der Waals surface area contributed by atoms with Gasteiger partial charge in [-0.15, -0.1) is 11.3 Å². The van der Waals surface area contributed by atoms with Crippen LogP contribution in [0.4, 0.5) is 0 Å². The number of nitrogens with zero attached hydrogens (tertiary/aromatic N) is 1. The van der Waals surface area contributed by atoms with Crippen molar-refractivity contribution < 1.29 is 0 Å². The highest BCUT2D eigenvalue weighted by Crippen LogP contribution is 2.28. The second-order valence-corrected chi connectivity index (χ2v) is 6.43. The summed E-state index contributed by atoms with van der Waals surface area (Å²) in [6.45, 7) is 2.02. The Bertz CT molecular complexity index is 718. The Morgan fingerprint density at radius 1 is 1.25 bits per heavy atom. The summed E-state index contributed by atoms with van der Waals surface area (Å²) < 4.78 is 1.20. The first-order valence-electron chi connectivity index (χ1n) is 6.49. The Morgan fingerprint density at radius 3 is 2.80 bits per heavy atom. The number of hydrogen-bond acceptors (Lipinski definition) is 3. The molecule has 0 bridgehead atoms. The number of rotatable bonds is 3. The predicted molar refractivity (Wildman–Crippen MR) is 86.4 cm³/mol. The molecule has 102 valence electrons. The van der Waals surface area contributed by atoms with Crippen molar-refractivity contribution in [3.63, 3.8) is 0 Å². The second kappa shape index (κ2) is 5.52. The first-order chi connectivity index (χ1) is 9.63. The Kier molecular flexibility index (Phi) is 3.74. The molecule has 2 aromatic carbocycles. The molecule has 0 saturated carbocycles. The molecule has 0 aliphatic heterocycles. The lowest BCUT2D eigenvalue weighted by Crippen LogP contribution is -2.13. The molecule has 1 heterocycles. The van der Waals surface area contributed by atoms with E-state index in [-0.39, 0.29) is 6.04 Å². The number of hydrogen-bond donors (Lipinski definition) is 1. The van der Waals surface area contributed by atoms with Crippen LogP contribution in [0.3, 0.4) is 0 Å². The van der Waals surface area contributed by atoms with Crippen LogP contribution in [0.5, 0.6) is 0 Å². The van der Waals surface area contributed by atoms with E-state index in [4.69, 9.17) is 17.3 Å². The number of para-hydroxylation sites is 1. The minimum atomic E-state index is -0.122. The molecule has 0 aliphatic rings. The number of fused-ring (bicyclic) bond motifs is 1. The first-order valence-corrected chi connectivity index (χ1v) is 7.69. The van der Waals surface area contributed by atoms with Gasteiger partial charge in [0.25, 0.3) is 0 Å². The van der Waals surface area contributed by atoms with E-state index in [2.05, 4.69) is 11.1 Å². The van der Waals surface area contributed by atoms with Gasteiger partial charge in [0.05, 0.1) is 15.2 Å². The molecule has 20 heavy (non-hydrogen) atoms. The Hall–Kier alpha value is -1.42. The zero-order valence-corrected chi connectivity index (χ0v) is 12.7. The van der Waals surface area contributed by atoms with Gasteiger partial charge in [0, 0.05) is 17.5 Å². The number of aryl methyl sites for hydroxylation is 1. The quantitative estimate of drug-likeness (QED) is 0.773. The maximum Gasteiger partial charge on any atom is 0.0957 e. The second-order valence-electron chi connectivity index (χ2n) is 4.91. The van der Waals surface area contributed by atoms with Crippen LogP contribution in [-0.2, 0) is 6.42 Å². The van der Waals surface area contributed by atoms with Crippen molar-refractivity contribution in [2.24, 2.45) is 5.73 Å². The lowest BCUT2D eigenvalue weighted by Gasteiger charge is -2.12. The molecule has 1 unspecified atom stereocenters. The van der Waals surface area contributed by atoms with Crippen LogP contribution in [0.25, 0.3) is 10.2 Å². The highest BCUT2D eigenvalue weighted by atomic mass is 35.5. The fourth-order valence-corrected chi connectivity index (χ4v) is 3.64. The van der Waals surface area contributed by atoms with Crippen molar-refractivity contribution in [2.45, 2.75) is 19.4 Å². The summed E-state index contributed by atoms with van der Waals surface area (Å²) in [6.07, 6.45) is 0.710. The van der Waals surface area contributed by atoms with Crippen molar-refractivity contribution >= 4 is 33.2 Å². The highest BCUT2D eigenvalue weighted by molar-refractivity contribution is 7.18. The molecule has 0 amide bonds. The number of halogens is 1. The van der Waals surface area contributed by atoms with E-state index >= 15 is 0 Å². The minimum Gasteiger partial charge on any atom is -0.324 e. The summed E-state index contributed by atoms with van der Waals surface area (Å²) in [6, 6.07) is 14.0. The molecule has 3 aromatic rings. The van der Waals surface area contributed by atoms with Crippen LogP contribution in [0, 0.1) is 6.92 Å². The van der Waals surface area contributed by atoms with Gasteiger partial charge in [-0.05, 0) is 36.2 Å². The van der Waals surface area contributed by atoms with Gasteiger partial charge in [-0.1, -0.05) is 35.9 Å². The fraction of sp³-hybridized carbons (Fsp3) is 0.188. The Morgan fingerprint density at radius 2 is 2.05 bits per heavy atom. The van der Waals surface area contributed by atoms with Gasteiger partial charge >= 0.3 is 0 Å². The summed E-state index contributed by atoms with van der Waals surface area (Å²) in [5.74, 6) is 0. The van der Waals surface area contributed by atoms with Gasteiger partial charge in [0.2, 0.25) is 0 Å². The van der Waals surface area contributed by atoms with Crippen molar-refractivity contribution in [1.29, 1.82) is 0 Å². The highest BCUT2D eigenvalue weighted by Gasteiger charge is 2.13. The molecule has 0 aliphatic carbocycles. The van der Waals surface area contributed by atoms with Crippen LogP contribution in [0.2, 0.25) is 5.02 Å². The molecular weight excluding hydrogens is 288 g/mol. The van der Waals surface area contributed by atoms with Crippen molar-refractivity contribution in [2.75, 3.05) is 0 Å². The molecule has 2 N–H and O–H groups in total. The molecule has 0 spiro atoms. The monoisotopic (exact) mass is 302 g/mol. The topological polar surface area (TPSA) is 38.9 Å². The van der Waals surface area contributed by atoms with E-state index in [0.717, 1.165) is 26.7 Å². The maximum absolute atomic E-state index is 6.28. The third-order valence-corrected chi connectivity index (χ3v) is 4.67. The van der Waals surface area contributed by atoms with Crippen LogP contribution < -0.4 is 5.73 Å². The van der Waals surface area contributed by atoms with Gasteiger partial charge in [-0.2, -0.15) is 0 Å². The Balaban J connectivity index is 1.86. The molecule has 0 radical (unpaired) electrons. The van der Waals surface area contributed by atoms with Crippen LogP contribution in [-0.4, -0.2) is 4.98 Å². The van der Waals surface area contributed by atoms with Gasteiger partial charge in [0.1, 0.15) is 0 Å². The maximum atomic E-state index is 6.28. The number of benzene rings is 2. The number of thiazole rings is 1. The first kappa shape index (κ1) is 13.6. The van der Waals surface area contributed by atoms with Gasteiger partial charge in [0.15, 0.2) is 0 Å². The average Bonchev–Trinajstić information content (AvgIpc) is 2.80. The molecule has 2 nitrogen and oxygen atoms in total. The third kappa shape index (κ3) is 2.70. The van der Waals surface area contributed by atoms with Gasteiger partial charge in [-0.25, -0.2) is 4.98 Å². The van der Waals surface area contributed by atoms with E-state index in [9.17, 15) is 0 Å². The molecule has 3 rings (SSSR count). The molecule has 1 atom stereocenters. The predicted octanol–water partition coefficient (Wildman–Crippen LogP) is 4.50. The van der Waals surface area contributed by atoms with E-state index in [1.165, 1.54) is 4.70 Å². The summed E-state index contributed by atoms with van der Waals surface area (Å²) >= 11 is 7.97. The van der Waals surface area contributed by atoms with E-state index < -0.39 is 0 Å². The van der Waals surface area contributed by atoms with Crippen LogP contribution >= 0.6 is 22.9 Å². The average molecular weight is 303 g/mol. The summed E-state index contributed by atoms with van der Waals surface area (Å²) in [7, 11) is 0. The molecule has 0 saturated heterocycles. The molecule has 4 heteroatoms.